The molecule has 1 rings (SSSR count). The molecule has 1 amide bonds. The van der Waals surface area contributed by atoms with Gasteiger partial charge in [0, 0.05) is 19.3 Å². The number of nitrogens with zero attached hydrogens (tertiary/aromatic N) is 2. The lowest BCUT2D eigenvalue weighted by atomic mass is 9.93. The molecule has 1 aromatic rings. The van der Waals surface area contributed by atoms with E-state index in [1.54, 1.807) is 12.3 Å². The van der Waals surface area contributed by atoms with Crippen molar-refractivity contribution < 1.29 is 4.79 Å². The van der Waals surface area contributed by atoms with Crippen molar-refractivity contribution in [1.82, 2.24) is 4.98 Å². The predicted octanol–water partition coefficient (Wildman–Crippen LogP) is 1.30. The van der Waals surface area contributed by atoms with Gasteiger partial charge < -0.3 is 16.4 Å². The van der Waals surface area contributed by atoms with Gasteiger partial charge in [0.1, 0.15) is 5.82 Å². The summed E-state index contributed by atoms with van der Waals surface area (Å²) in [6.45, 7) is 10.1. The van der Waals surface area contributed by atoms with Gasteiger partial charge >= 0.3 is 0 Å². The molecular formula is C14H24N4O. The molecule has 0 fully saturated rings. The third-order valence-corrected chi connectivity index (χ3v) is 3.24. The van der Waals surface area contributed by atoms with Crippen LogP contribution in [0.5, 0.6) is 0 Å². The van der Waals surface area contributed by atoms with E-state index in [9.17, 15) is 4.79 Å². The first-order chi connectivity index (χ1) is 8.82. The van der Waals surface area contributed by atoms with Crippen LogP contribution in [0.3, 0.4) is 0 Å². The minimum absolute atomic E-state index is 0.0453. The van der Waals surface area contributed by atoms with Gasteiger partial charge in [-0.2, -0.15) is 0 Å². The summed E-state index contributed by atoms with van der Waals surface area (Å²) in [5, 5.41) is 0. The van der Waals surface area contributed by atoms with E-state index >= 15 is 0 Å². The summed E-state index contributed by atoms with van der Waals surface area (Å²) in [5.41, 5.74) is 12.6. The fraction of sp³-hybridized carbons (Fsp3) is 0.571. The highest BCUT2D eigenvalue weighted by Gasteiger charge is 2.24. The molecule has 0 saturated carbocycles. The van der Waals surface area contributed by atoms with Crippen LogP contribution in [0.4, 0.5) is 5.82 Å². The van der Waals surface area contributed by atoms with E-state index < -0.39 is 5.91 Å². The lowest BCUT2D eigenvalue weighted by molar-refractivity contribution is 0.0999. The highest BCUT2D eigenvalue weighted by atomic mass is 16.1. The molecule has 0 saturated heterocycles. The van der Waals surface area contributed by atoms with E-state index in [4.69, 9.17) is 11.5 Å². The summed E-state index contributed by atoms with van der Waals surface area (Å²) in [7, 11) is 0. The van der Waals surface area contributed by atoms with Crippen LogP contribution in [0, 0.1) is 12.3 Å². The molecule has 0 atom stereocenters. The number of aryl methyl sites for hydroxylation is 1. The van der Waals surface area contributed by atoms with Crippen molar-refractivity contribution in [2.24, 2.45) is 16.9 Å². The number of hydrogen-bond acceptors (Lipinski definition) is 4. The Hall–Kier alpha value is -1.62. The molecule has 4 N–H and O–H groups in total. The Labute approximate surface area is 115 Å². The Morgan fingerprint density at radius 1 is 1.47 bits per heavy atom. The van der Waals surface area contributed by atoms with Crippen LogP contribution >= 0.6 is 0 Å². The Kier molecular flexibility index (Phi) is 4.89. The summed E-state index contributed by atoms with van der Waals surface area (Å²) < 4.78 is 0. The zero-order chi connectivity index (χ0) is 14.6. The highest BCUT2D eigenvalue weighted by Crippen LogP contribution is 2.24. The van der Waals surface area contributed by atoms with Crippen LogP contribution in [0.2, 0.25) is 0 Å². The second-order valence-electron chi connectivity index (χ2n) is 5.57. The van der Waals surface area contributed by atoms with Crippen molar-refractivity contribution >= 4 is 11.7 Å². The Morgan fingerprint density at radius 2 is 2.11 bits per heavy atom. The largest absolute Gasteiger partial charge is 0.365 e. The molecular weight excluding hydrogens is 240 g/mol. The number of anilines is 1. The van der Waals surface area contributed by atoms with Crippen LogP contribution < -0.4 is 16.4 Å². The minimum atomic E-state index is -0.440. The van der Waals surface area contributed by atoms with Gasteiger partial charge in [0.2, 0.25) is 0 Å². The normalized spacial score (nSPS) is 11.4. The van der Waals surface area contributed by atoms with Gasteiger partial charge in [-0.05, 0) is 37.4 Å². The maximum atomic E-state index is 11.6. The molecule has 1 heterocycles. The van der Waals surface area contributed by atoms with Gasteiger partial charge in [0.25, 0.3) is 5.91 Å². The van der Waals surface area contributed by atoms with Crippen molar-refractivity contribution in [2.75, 3.05) is 24.5 Å². The molecule has 5 heteroatoms. The first kappa shape index (κ1) is 15.4. The Morgan fingerprint density at radius 3 is 2.58 bits per heavy atom. The molecule has 0 aliphatic rings. The summed E-state index contributed by atoms with van der Waals surface area (Å²) in [5.74, 6) is 0.209. The smallest absolute Gasteiger partial charge is 0.252 e. The summed E-state index contributed by atoms with van der Waals surface area (Å²) in [6, 6.07) is 1.80. The van der Waals surface area contributed by atoms with Gasteiger partial charge in [-0.15, -0.1) is 0 Å². The molecule has 0 aliphatic heterocycles. The van der Waals surface area contributed by atoms with Crippen LogP contribution in [-0.4, -0.2) is 30.5 Å². The topological polar surface area (TPSA) is 85.2 Å². The quantitative estimate of drug-likeness (QED) is 0.811. The van der Waals surface area contributed by atoms with Gasteiger partial charge in [-0.1, -0.05) is 13.8 Å². The molecule has 0 bridgehead atoms. The van der Waals surface area contributed by atoms with E-state index in [-0.39, 0.29) is 5.41 Å². The Balaban J connectivity index is 3.19. The fourth-order valence-corrected chi connectivity index (χ4v) is 2.01. The number of carbonyl (C=O) groups excluding carboxylic acids is 1. The zero-order valence-electron chi connectivity index (χ0n) is 12.2. The number of nitrogens with two attached hydrogens (primary N) is 2. The molecule has 5 nitrogen and oxygen atoms in total. The number of aromatic nitrogens is 1. The van der Waals surface area contributed by atoms with Crippen molar-refractivity contribution in [1.29, 1.82) is 0 Å². The van der Waals surface area contributed by atoms with Crippen LogP contribution in [0.1, 0.15) is 36.7 Å². The molecule has 0 unspecified atom stereocenters. The van der Waals surface area contributed by atoms with Crippen molar-refractivity contribution in [3.05, 3.63) is 23.4 Å². The zero-order valence-corrected chi connectivity index (χ0v) is 12.2. The third kappa shape index (κ3) is 3.67. The maximum Gasteiger partial charge on any atom is 0.252 e. The molecule has 0 spiro atoms. The molecule has 0 aromatic carbocycles. The SMILES string of the molecule is CCN(CC(C)(C)CN)c1nccc(C)c1C(N)=O. The first-order valence-electron chi connectivity index (χ1n) is 6.53. The third-order valence-electron chi connectivity index (χ3n) is 3.24. The van der Waals surface area contributed by atoms with E-state index in [0.717, 1.165) is 18.7 Å². The second-order valence-corrected chi connectivity index (χ2v) is 5.57. The number of rotatable bonds is 6. The number of hydrogen-bond donors (Lipinski definition) is 2. The Bertz CT molecular complexity index is 457. The lowest BCUT2D eigenvalue weighted by Gasteiger charge is -2.32. The first-order valence-corrected chi connectivity index (χ1v) is 6.53. The summed E-state index contributed by atoms with van der Waals surface area (Å²) in [4.78, 5) is 18.0. The van der Waals surface area contributed by atoms with Gasteiger partial charge in [-0.3, -0.25) is 4.79 Å². The van der Waals surface area contributed by atoms with E-state index in [1.165, 1.54) is 0 Å². The van der Waals surface area contributed by atoms with Crippen molar-refractivity contribution in [2.45, 2.75) is 27.7 Å². The summed E-state index contributed by atoms with van der Waals surface area (Å²) >= 11 is 0. The standard InChI is InChI=1S/C14H24N4O/c1-5-18(9-14(3,4)8-15)13-11(12(16)19)10(2)6-7-17-13/h6-7H,5,8-9,15H2,1-4H3,(H2,16,19). The molecule has 19 heavy (non-hydrogen) atoms. The molecule has 0 radical (unpaired) electrons. The summed E-state index contributed by atoms with van der Waals surface area (Å²) in [6.07, 6.45) is 1.70. The van der Waals surface area contributed by atoms with Crippen molar-refractivity contribution in [3.63, 3.8) is 0 Å². The maximum absolute atomic E-state index is 11.6. The van der Waals surface area contributed by atoms with Gasteiger partial charge in [0.15, 0.2) is 0 Å². The number of pyridine rings is 1. The lowest BCUT2D eigenvalue weighted by Crippen LogP contribution is -2.40. The van der Waals surface area contributed by atoms with Gasteiger partial charge in [-0.25, -0.2) is 4.98 Å². The molecule has 1 aromatic heterocycles. The average molecular weight is 264 g/mol. The minimum Gasteiger partial charge on any atom is -0.365 e. The van der Waals surface area contributed by atoms with Gasteiger partial charge in [0.05, 0.1) is 5.56 Å². The number of amides is 1. The van der Waals surface area contributed by atoms with Crippen LogP contribution in [0.25, 0.3) is 0 Å². The number of primary amides is 1. The van der Waals surface area contributed by atoms with Crippen LogP contribution in [0.15, 0.2) is 12.3 Å². The van der Waals surface area contributed by atoms with Crippen molar-refractivity contribution in [3.8, 4) is 0 Å². The average Bonchev–Trinajstić information content (AvgIpc) is 2.35. The predicted molar refractivity (Wildman–Crippen MR) is 78.2 cm³/mol. The van der Waals surface area contributed by atoms with E-state index in [2.05, 4.69) is 23.7 Å². The monoisotopic (exact) mass is 264 g/mol. The van der Waals surface area contributed by atoms with E-state index in [1.807, 2.05) is 13.8 Å². The fourth-order valence-electron chi connectivity index (χ4n) is 2.01. The second kappa shape index (κ2) is 6.02. The number of carbonyl (C=O) groups is 1. The molecule has 106 valence electrons. The van der Waals surface area contributed by atoms with E-state index in [0.29, 0.717) is 17.9 Å². The molecule has 0 aliphatic carbocycles. The van der Waals surface area contributed by atoms with Crippen LogP contribution in [-0.2, 0) is 0 Å². The highest BCUT2D eigenvalue weighted by molar-refractivity contribution is 5.99.